The van der Waals surface area contributed by atoms with Gasteiger partial charge < -0.3 is 4.90 Å². The minimum Gasteiger partial charge on any atom is -0.369 e. The van der Waals surface area contributed by atoms with Gasteiger partial charge in [0.1, 0.15) is 5.82 Å². The van der Waals surface area contributed by atoms with E-state index in [-0.39, 0.29) is 5.56 Å². The van der Waals surface area contributed by atoms with Gasteiger partial charge >= 0.3 is 0 Å². The number of carbonyl (C=O) groups is 1. The Morgan fingerprint density at radius 2 is 1.83 bits per heavy atom. The lowest BCUT2D eigenvalue weighted by molar-refractivity contribution is 0.111. The van der Waals surface area contributed by atoms with Crippen LogP contribution in [0.5, 0.6) is 0 Å². The van der Waals surface area contributed by atoms with Gasteiger partial charge in [0.2, 0.25) is 0 Å². The Hall–Kier alpha value is -1.31. The van der Waals surface area contributed by atoms with Gasteiger partial charge in [-0.05, 0) is 55.4 Å². The number of anilines is 1. The molecule has 0 unspecified atom stereocenters. The molecule has 0 spiro atoms. The van der Waals surface area contributed by atoms with Gasteiger partial charge in [-0.3, -0.25) is 14.4 Å². The molecule has 164 valence electrons. The molecule has 2 aromatic carbocycles. The van der Waals surface area contributed by atoms with E-state index in [1.54, 1.807) is 11.9 Å². The molecule has 1 N–H and O–H groups in total. The standard InChI is InChI=1S/C19H19Cl2FN2O.C3H9NS/c1-13-8-16(2-3-17(13)20)24-6-4-23(5-7-24)11-14-10-19(22)15(12-25)9-18(14)21;1-3-5-4-2/h2-3,8-10,12H,4-7,11H2,1H3;4H,3H2,1-2H3. The number of carbonyl (C=O) groups excluding carboxylic acids is 1. The Bertz CT molecular complexity index is 843. The van der Waals surface area contributed by atoms with E-state index in [9.17, 15) is 9.18 Å². The van der Waals surface area contributed by atoms with Crippen molar-refractivity contribution in [2.45, 2.75) is 20.4 Å². The monoisotopic (exact) mass is 471 g/mol. The zero-order valence-electron chi connectivity index (χ0n) is 17.6. The summed E-state index contributed by atoms with van der Waals surface area (Å²) in [4.78, 5) is 15.3. The van der Waals surface area contributed by atoms with E-state index in [0.717, 1.165) is 42.5 Å². The minimum absolute atomic E-state index is 0.00308. The maximum absolute atomic E-state index is 13.8. The van der Waals surface area contributed by atoms with E-state index in [4.69, 9.17) is 23.2 Å². The van der Waals surface area contributed by atoms with Gasteiger partial charge in [-0.2, -0.15) is 0 Å². The summed E-state index contributed by atoms with van der Waals surface area (Å²) < 4.78 is 16.7. The van der Waals surface area contributed by atoms with Gasteiger partial charge in [0, 0.05) is 54.2 Å². The Labute approximate surface area is 192 Å². The van der Waals surface area contributed by atoms with Crippen LogP contribution in [0.1, 0.15) is 28.4 Å². The molecule has 3 rings (SSSR count). The predicted molar refractivity (Wildman–Crippen MR) is 128 cm³/mol. The van der Waals surface area contributed by atoms with Gasteiger partial charge in [0.15, 0.2) is 6.29 Å². The highest BCUT2D eigenvalue weighted by molar-refractivity contribution is 7.97. The summed E-state index contributed by atoms with van der Waals surface area (Å²) in [5.74, 6) is 0.626. The fraction of sp³-hybridized carbons (Fsp3) is 0.409. The number of aldehydes is 1. The average Bonchev–Trinajstić information content (AvgIpc) is 2.74. The molecule has 1 heterocycles. The number of aryl methyl sites for hydroxylation is 1. The highest BCUT2D eigenvalue weighted by Crippen LogP contribution is 2.25. The lowest BCUT2D eigenvalue weighted by Crippen LogP contribution is -2.46. The van der Waals surface area contributed by atoms with Crippen molar-refractivity contribution in [2.75, 3.05) is 43.9 Å². The Morgan fingerprint density at radius 1 is 1.13 bits per heavy atom. The number of nitrogens with one attached hydrogen (secondary N) is 1. The van der Waals surface area contributed by atoms with Crippen molar-refractivity contribution in [1.29, 1.82) is 0 Å². The van der Waals surface area contributed by atoms with Crippen LogP contribution in [-0.4, -0.2) is 50.2 Å². The number of benzene rings is 2. The second-order valence-electron chi connectivity index (χ2n) is 6.92. The van der Waals surface area contributed by atoms with Crippen molar-refractivity contribution in [3.63, 3.8) is 0 Å². The average molecular weight is 472 g/mol. The summed E-state index contributed by atoms with van der Waals surface area (Å²) in [5.41, 5.74) is 2.94. The predicted octanol–water partition coefficient (Wildman–Crippen LogP) is 5.45. The van der Waals surface area contributed by atoms with Crippen LogP contribution in [0.4, 0.5) is 10.1 Å². The maximum Gasteiger partial charge on any atom is 0.153 e. The Morgan fingerprint density at radius 3 is 2.37 bits per heavy atom. The normalized spacial score (nSPS) is 14.3. The molecule has 0 amide bonds. The van der Waals surface area contributed by atoms with Gasteiger partial charge in [-0.15, -0.1) is 0 Å². The molecule has 1 saturated heterocycles. The Kier molecular flexibility index (Phi) is 10.4. The first kappa shape index (κ1) is 25.0. The second kappa shape index (κ2) is 12.5. The molecule has 0 radical (unpaired) electrons. The fourth-order valence-electron chi connectivity index (χ4n) is 3.19. The first-order valence-electron chi connectivity index (χ1n) is 9.84. The van der Waals surface area contributed by atoms with E-state index in [1.165, 1.54) is 17.8 Å². The largest absolute Gasteiger partial charge is 0.369 e. The molecule has 0 saturated carbocycles. The van der Waals surface area contributed by atoms with E-state index in [1.807, 2.05) is 26.1 Å². The van der Waals surface area contributed by atoms with Crippen LogP contribution in [0.15, 0.2) is 30.3 Å². The quantitative estimate of drug-likeness (QED) is 0.447. The summed E-state index contributed by atoms with van der Waals surface area (Å²) in [6, 6.07) is 8.82. The van der Waals surface area contributed by atoms with Crippen molar-refractivity contribution in [3.05, 3.63) is 62.9 Å². The molecule has 1 aliphatic heterocycles. The lowest BCUT2D eigenvalue weighted by atomic mass is 10.1. The van der Waals surface area contributed by atoms with Gasteiger partial charge in [0.05, 0.1) is 5.56 Å². The molecule has 0 aromatic heterocycles. The highest BCUT2D eigenvalue weighted by Gasteiger charge is 2.19. The number of hydrogen-bond acceptors (Lipinski definition) is 5. The van der Waals surface area contributed by atoms with Crippen LogP contribution in [0.2, 0.25) is 10.0 Å². The van der Waals surface area contributed by atoms with Crippen LogP contribution in [0, 0.1) is 12.7 Å². The number of halogens is 3. The van der Waals surface area contributed by atoms with Gasteiger partial charge in [-0.1, -0.05) is 42.1 Å². The fourth-order valence-corrected chi connectivity index (χ4v) is 3.83. The molecule has 0 bridgehead atoms. The van der Waals surface area contributed by atoms with Crippen molar-refractivity contribution < 1.29 is 9.18 Å². The molecule has 0 atom stereocenters. The first-order valence-corrected chi connectivity index (χ1v) is 11.6. The third-order valence-corrected chi connectivity index (χ3v) is 6.21. The third-order valence-electron chi connectivity index (χ3n) is 4.85. The molecule has 4 nitrogen and oxygen atoms in total. The van der Waals surface area contributed by atoms with E-state index in [0.29, 0.717) is 23.4 Å². The first-order chi connectivity index (χ1) is 14.4. The van der Waals surface area contributed by atoms with Crippen molar-refractivity contribution in [3.8, 4) is 0 Å². The molecular formula is C22H28Cl2FN3OS. The third kappa shape index (κ3) is 7.13. The van der Waals surface area contributed by atoms with E-state index in [2.05, 4.69) is 27.5 Å². The minimum atomic E-state index is -0.523. The lowest BCUT2D eigenvalue weighted by Gasteiger charge is -2.36. The van der Waals surface area contributed by atoms with Gasteiger partial charge in [0.25, 0.3) is 0 Å². The van der Waals surface area contributed by atoms with Crippen LogP contribution in [0.3, 0.4) is 0 Å². The molecule has 1 fully saturated rings. The smallest absolute Gasteiger partial charge is 0.153 e. The van der Waals surface area contributed by atoms with Crippen LogP contribution < -0.4 is 9.62 Å². The van der Waals surface area contributed by atoms with E-state index < -0.39 is 5.82 Å². The summed E-state index contributed by atoms with van der Waals surface area (Å²) in [6.45, 7) is 8.16. The van der Waals surface area contributed by atoms with Crippen LogP contribution in [0.25, 0.3) is 0 Å². The summed E-state index contributed by atoms with van der Waals surface area (Å²) >= 11 is 14.0. The number of piperazine rings is 1. The van der Waals surface area contributed by atoms with Gasteiger partial charge in [-0.25, -0.2) is 4.39 Å². The van der Waals surface area contributed by atoms with Crippen LogP contribution >= 0.6 is 35.1 Å². The number of nitrogens with zero attached hydrogens (tertiary/aromatic N) is 2. The molecule has 0 aliphatic carbocycles. The Balaban J connectivity index is 0.000000575. The summed E-state index contributed by atoms with van der Waals surface area (Å²) in [6.07, 6.45) is 0.484. The van der Waals surface area contributed by atoms with Crippen molar-refractivity contribution in [1.82, 2.24) is 9.62 Å². The summed E-state index contributed by atoms with van der Waals surface area (Å²) in [5, 5.41) is 1.21. The maximum atomic E-state index is 13.8. The zero-order valence-corrected chi connectivity index (χ0v) is 19.9. The second-order valence-corrected chi connectivity index (χ2v) is 9.01. The van der Waals surface area contributed by atoms with Crippen molar-refractivity contribution in [2.24, 2.45) is 0 Å². The summed E-state index contributed by atoms with van der Waals surface area (Å²) in [7, 11) is 1.92. The number of rotatable bonds is 6. The number of hydrogen-bond donors (Lipinski definition) is 1. The topological polar surface area (TPSA) is 35.6 Å². The highest BCUT2D eigenvalue weighted by atomic mass is 35.5. The SMILES string of the molecule is CCSNC.Cc1cc(N2CCN(Cc3cc(F)c(C=O)cc3Cl)CC2)ccc1Cl. The van der Waals surface area contributed by atoms with E-state index >= 15 is 0 Å². The molecule has 1 aliphatic rings. The molecular weight excluding hydrogens is 444 g/mol. The zero-order chi connectivity index (χ0) is 22.1. The molecule has 8 heteroatoms. The molecule has 30 heavy (non-hydrogen) atoms. The molecule has 2 aromatic rings. The van der Waals surface area contributed by atoms with Crippen LogP contribution in [-0.2, 0) is 6.54 Å². The van der Waals surface area contributed by atoms with Crippen molar-refractivity contribution >= 4 is 47.1 Å².